The summed E-state index contributed by atoms with van der Waals surface area (Å²) in [7, 11) is -1.64. The Kier molecular flexibility index (Phi) is 9.11. The highest BCUT2D eigenvalue weighted by Gasteiger charge is 2.32. The Labute approximate surface area is 263 Å². The summed E-state index contributed by atoms with van der Waals surface area (Å²) in [4.78, 5) is 37.0. The number of carbonyl (C=O) groups excluding carboxylic acids is 2. The number of para-hydroxylation sites is 2. The van der Waals surface area contributed by atoms with Gasteiger partial charge in [0.1, 0.15) is 9.84 Å². The van der Waals surface area contributed by atoms with Crippen LogP contribution in [0.2, 0.25) is 0 Å². The van der Waals surface area contributed by atoms with Crippen LogP contribution in [-0.4, -0.2) is 86.0 Å². The molecule has 10 nitrogen and oxygen atoms in total. The average molecular weight is 628 g/mol. The Bertz CT molecular complexity index is 1760. The molecule has 11 heteroatoms. The summed E-state index contributed by atoms with van der Waals surface area (Å²) < 4.78 is 29.0. The van der Waals surface area contributed by atoms with Crippen LogP contribution in [0.15, 0.2) is 84.9 Å². The predicted molar refractivity (Wildman–Crippen MR) is 174 cm³/mol. The molecule has 45 heavy (non-hydrogen) atoms. The zero-order valence-corrected chi connectivity index (χ0v) is 26.1. The van der Waals surface area contributed by atoms with Crippen LogP contribution in [0.1, 0.15) is 28.8 Å². The van der Waals surface area contributed by atoms with E-state index in [0.717, 1.165) is 42.3 Å². The molecule has 0 bridgehead atoms. The van der Waals surface area contributed by atoms with Gasteiger partial charge in [0.2, 0.25) is 0 Å². The lowest BCUT2D eigenvalue weighted by atomic mass is 9.95. The fraction of sp³-hybridized carbons (Fsp3) is 0.324. The summed E-state index contributed by atoms with van der Waals surface area (Å²) >= 11 is 0. The lowest BCUT2D eigenvalue weighted by Crippen LogP contribution is -2.52. The van der Waals surface area contributed by atoms with Crippen molar-refractivity contribution in [1.82, 2.24) is 20.2 Å². The first kappa shape index (κ1) is 30.7. The van der Waals surface area contributed by atoms with Crippen molar-refractivity contribution in [2.75, 3.05) is 49.8 Å². The highest BCUT2D eigenvalue weighted by atomic mass is 32.2. The van der Waals surface area contributed by atoms with E-state index in [4.69, 9.17) is 9.72 Å². The maximum atomic E-state index is 14.4. The molecule has 1 N–H and O–H groups in total. The van der Waals surface area contributed by atoms with Gasteiger partial charge in [0, 0.05) is 55.3 Å². The fourth-order valence-electron chi connectivity index (χ4n) is 6.29. The maximum Gasteiger partial charge on any atom is 0.433 e. The number of anilines is 1. The van der Waals surface area contributed by atoms with Crippen molar-refractivity contribution in [3.63, 3.8) is 0 Å². The largest absolute Gasteiger partial charge is 0.451 e. The Morgan fingerprint density at radius 2 is 1.51 bits per heavy atom. The van der Waals surface area contributed by atoms with Crippen LogP contribution in [0, 0.1) is 0 Å². The summed E-state index contributed by atoms with van der Waals surface area (Å²) in [5.41, 5.74) is 6.78. The molecule has 3 heterocycles. The van der Waals surface area contributed by atoms with Gasteiger partial charge in [-0.25, -0.2) is 18.2 Å². The first-order valence-corrected chi connectivity index (χ1v) is 17.0. The third-order valence-electron chi connectivity index (χ3n) is 8.68. The Morgan fingerprint density at radius 1 is 0.889 bits per heavy atom. The standard InChI is InChI=1S/C34H37N5O5S/c1-44-34(41)39(27-12-6-3-7-13-27)36-33(40)31-28-14-8-9-15-30(28)35-32(25-10-4-2-5-11-25)29(31)24-37-18-20-38(21-19-37)26-16-22-45(42,43)23-17-26/h2-15,26H,16-24H2,1H3,(H,36,40). The van der Waals surface area contributed by atoms with Crippen LogP contribution in [-0.2, 0) is 21.1 Å². The lowest BCUT2D eigenvalue weighted by molar-refractivity contribution is 0.0862. The molecular weight excluding hydrogens is 590 g/mol. The normalized spacial score (nSPS) is 17.5. The topological polar surface area (TPSA) is 112 Å². The van der Waals surface area contributed by atoms with E-state index in [2.05, 4.69) is 15.2 Å². The molecule has 2 aliphatic rings. The number of methoxy groups -OCH3 is 1. The third-order valence-corrected chi connectivity index (χ3v) is 10.4. The highest BCUT2D eigenvalue weighted by molar-refractivity contribution is 7.91. The second-order valence-electron chi connectivity index (χ2n) is 11.5. The van der Waals surface area contributed by atoms with Gasteiger partial charge in [-0.3, -0.25) is 20.0 Å². The number of benzene rings is 3. The highest BCUT2D eigenvalue weighted by Crippen LogP contribution is 2.32. The molecule has 0 spiro atoms. The molecule has 4 aromatic rings. The fourth-order valence-corrected chi connectivity index (χ4v) is 7.76. The SMILES string of the molecule is COC(=O)N(NC(=O)c1c(CN2CCN(C3CCS(=O)(=O)CC3)CC2)c(-c2ccccc2)nc2ccccc12)c1ccccc1. The molecule has 2 fully saturated rings. The number of fused-ring (bicyclic) bond motifs is 1. The number of nitrogens with zero attached hydrogens (tertiary/aromatic N) is 4. The molecule has 0 saturated carbocycles. The van der Waals surface area contributed by atoms with Crippen molar-refractivity contribution < 1.29 is 22.7 Å². The van der Waals surface area contributed by atoms with Crippen LogP contribution in [0.4, 0.5) is 10.5 Å². The average Bonchev–Trinajstić information content (AvgIpc) is 3.07. The van der Waals surface area contributed by atoms with Crippen molar-refractivity contribution in [2.45, 2.75) is 25.4 Å². The number of sulfone groups is 1. The molecule has 0 aliphatic carbocycles. The minimum Gasteiger partial charge on any atom is -0.451 e. The van der Waals surface area contributed by atoms with Crippen LogP contribution < -0.4 is 10.4 Å². The molecular formula is C34H37N5O5S. The number of hydrogen-bond donors (Lipinski definition) is 1. The number of rotatable bonds is 6. The number of hydrazine groups is 1. The van der Waals surface area contributed by atoms with E-state index in [1.165, 1.54) is 7.11 Å². The summed E-state index contributed by atoms with van der Waals surface area (Å²) in [6.45, 7) is 3.64. The molecule has 234 valence electrons. The quantitative estimate of drug-likeness (QED) is 0.311. The number of aromatic nitrogens is 1. The van der Waals surface area contributed by atoms with Crippen molar-refractivity contribution in [3.8, 4) is 11.3 Å². The van der Waals surface area contributed by atoms with Gasteiger partial charge >= 0.3 is 6.09 Å². The molecule has 3 aromatic carbocycles. The van der Waals surface area contributed by atoms with Gasteiger partial charge in [-0.15, -0.1) is 0 Å². The second kappa shape index (κ2) is 13.4. The summed E-state index contributed by atoms with van der Waals surface area (Å²) in [6.07, 6.45) is 0.638. The Hall–Kier alpha value is -4.32. The van der Waals surface area contributed by atoms with Crippen molar-refractivity contribution >= 4 is 38.4 Å². The smallest absolute Gasteiger partial charge is 0.433 e. The van der Waals surface area contributed by atoms with E-state index in [0.29, 0.717) is 47.2 Å². The number of ether oxygens (including phenoxy) is 1. The van der Waals surface area contributed by atoms with Gasteiger partial charge in [-0.05, 0) is 31.0 Å². The van der Waals surface area contributed by atoms with Gasteiger partial charge in [-0.2, -0.15) is 5.01 Å². The van der Waals surface area contributed by atoms with Crippen molar-refractivity contribution in [2.24, 2.45) is 0 Å². The van der Waals surface area contributed by atoms with Gasteiger partial charge in [0.15, 0.2) is 0 Å². The van der Waals surface area contributed by atoms with Gasteiger partial charge in [-0.1, -0.05) is 66.7 Å². The third kappa shape index (κ3) is 6.85. The van der Waals surface area contributed by atoms with E-state index < -0.39 is 21.8 Å². The van der Waals surface area contributed by atoms with Gasteiger partial charge in [0.05, 0.1) is 41.1 Å². The molecule has 1 aromatic heterocycles. The molecule has 2 amide bonds. The Balaban J connectivity index is 1.36. The number of nitrogens with one attached hydrogen (secondary N) is 1. The number of amides is 2. The molecule has 0 unspecified atom stereocenters. The Morgan fingerprint density at radius 3 is 2.18 bits per heavy atom. The van der Waals surface area contributed by atoms with Gasteiger partial charge < -0.3 is 4.74 Å². The number of pyridine rings is 1. The van der Waals surface area contributed by atoms with E-state index in [1.807, 2.05) is 60.7 Å². The van der Waals surface area contributed by atoms with E-state index in [9.17, 15) is 18.0 Å². The van der Waals surface area contributed by atoms with E-state index in [1.54, 1.807) is 24.3 Å². The van der Waals surface area contributed by atoms with Crippen LogP contribution in [0.25, 0.3) is 22.2 Å². The van der Waals surface area contributed by atoms with Gasteiger partial charge in [0.25, 0.3) is 5.91 Å². The summed E-state index contributed by atoms with van der Waals surface area (Å²) in [6, 6.07) is 26.5. The minimum absolute atomic E-state index is 0.255. The number of carbonyl (C=O) groups is 2. The molecule has 6 rings (SSSR count). The van der Waals surface area contributed by atoms with Crippen LogP contribution in [0.5, 0.6) is 0 Å². The zero-order chi connectivity index (χ0) is 31.4. The number of piperazine rings is 1. The van der Waals surface area contributed by atoms with E-state index in [-0.39, 0.29) is 17.5 Å². The molecule has 0 radical (unpaired) electrons. The molecule has 2 saturated heterocycles. The van der Waals surface area contributed by atoms with Crippen molar-refractivity contribution in [3.05, 3.63) is 96.1 Å². The minimum atomic E-state index is -2.92. The lowest BCUT2D eigenvalue weighted by Gasteiger charge is -2.41. The van der Waals surface area contributed by atoms with Crippen molar-refractivity contribution in [1.29, 1.82) is 0 Å². The second-order valence-corrected chi connectivity index (χ2v) is 13.8. The maximum absolute atomic E-state index is 14.4. The van der Waals surface area contributed by atoms with E-state index >= 15 is 0 Å². The van der Waals surface area contributed by atoms with Crippen LogP contribution in [0.3, 0.4) is 0 Å². The molecule has 2 aliphatic heterocycles. The number of hydrogen-bond acceptors (Lipinski definition) is 8. The first-order chi connectivity index (χ1) is 21.8. The predicted octanol–water partition coefficient (Wildman–Crippen LogP) is 4.51. The summed E-state index contributed by atoms with van der Waals surface area (Å²) in [5.74, 6) is 0.0630. The van der Waals surface area contributed by atoms with Crippen LogP contribution >= 0.6 is 0 Å². The molecule has 0 atom stereocenters. The zero-order valence-electron chi connectivity index (χ0n) is 25.3. The first-order valence-electron chi connectivity index (χ1n) is 15.2. The monoisotopic (exact) mass is 627 g/mol. The summed E-state index contributed by atoms with van der Waals surface area (Å²) in [5, 5.41) is 1.80.